The van der Waals surface area contributed by atoms with E-state index in [-0.39, 0.29) is 6.61 Å². The SMILES string of the molecule is COc1c(Br)cccc1C[O]. The molecule has 1 aromatic rings. The smallest absolute Gasteiger partial charge is 0.138 e. The van der Waals surface area contributed by atoms with Crippen LogP contribution in [0.1, 0.15) is 5.56 Å². The van der Waals surface area contributed by atoms with E-state index in [0.717, 1.165) is 4.47 Å². The van der Waals surface area contributed by atoms with Crippen molar-refractivity contribution in [2.24, 2.45) is 0 Å². The van der Waals surface area contributed by atoms with Gasteiger partial charge in [-0.25, -0.2) is 5.11 Å². The van der Waals surface area contributed by atoms with Crippen molar-refractivity contribution in [1.29, 1.82) is 0 Å². The number of methoxy groups -OCH3 is 1. The van der Waals surface area contributed by atoms with Gasteiger partial charge in [-0.3, -0.25) is 0 Å². The number of rotatable bonds is 2. The molecule has 1 rings (SSSR count). The fourth-order valence-corrected chi connectivity index (χ4v) is 1.46. The van der Waals surface area contributed by atoms with Crippen molar-refractivity contribution in [2.75, 3.05) is 7.11 Å². The molecule has 0 bridgehead atoms. The summed E-state index contributed by atoms with van der Waals surface area (Å²) in [6, 6.07) is 5.43. The Labute approximate surface area is 73.9 Å². The molecule has 1 aromatic carbocycles. The van der Waals surface area contributed by atoms with Gasteiger partial charge in [0.2, 0.25) is 0 Å². The Morgan fingerprint density at radius 1 is 1.55 bits per heavy atom. The molecule has 0 aliphatic heterocycles. The highest BCUT2D eigenvalue weighted by Crippen LogP contribution is 2.28. The standard InChI is InChI=1S/C8H8BrO2/c1-11-8-6(5-10)3-2-4-7(8)9/h2-4H,5H2,1H3. The zero-order valence-corrected chi connectivity index (χ0v) is 7.72. The first-order valence-electron chi connectivity index (χ1n) is 3.19. The third kappa shape index (κ3) is 1.73. The molecule has 3 heteroatoms. The Bertz CT molecular complexity index is 248. The minimum atomic E-state index is -0.247. The summed E-state index contributed by atoms with van der Waals surface area (Å²) >= 11 is 3.28. The third-order valence-electron chi connectivity index (χ3n) is 1.41. The number of hydrogen-bond acceptors (Lipinski definition) is 1. The molecule has 11 heavy (non-hydrogen) atoms. The van der Waals surface area contributed by atoms with Gasteiger partial charge in [-0.2, -0.15) is 0 Å². The molecular formula is C8H8BrO2. The first kappa shape index (κ1) is 8.56. The Morgan fingerprint density at radius 2 is 2.27 bits per heavy atom. The molecule has 0 atom stereocenters. The van der Waals surface area contributed by atoms with Crippen LogP contribution in [0.15, 0.2) is 22.7 Å². The van der Waals surface area contributed by atoms with Crippen LogP contribution < -0.4 is 4.74 Å². The van der Waals surface area contributed by atoms with Crippen LogP contribution in [0.4, 0.5) is 0 Å². The highest BCUT2D eigenvalue weighted by atomic mass is 79.9. The summed E-state index contributed by atoms with van der Waals surface area (Å²) in [7, 11) is 1.55. The van der Waals surface area contributed by atoms with E-state index >= 15 is 0 Å². The molecule has 0 unspecified atom stereocenters. The quantitative estimate of drug-likeness (QED) is 0.746. The normalized spacial score (nSPS) is 9.73. The minimum Gasteiger partial charge on any atom is -0.495 e. The van der Waals surface area contributed by atoms with Crippen molar-refractivity contribution in [1.82, 2.24) is 0 Å². The molecule has 0 saturated carbocycles. The summed E-state index contributed by atoms with van der Waals surface area (Å²) in [6.45, 7) is -0.247. The van der Waals surface area contributed by atoms with Crippen LogP contribution in [0.25, 0.3) is 0 Å². The van der Waals surface area contributed by atoms with Crippen LogP contribution in [-0.4, -0.2) is 7.11 Å². The number of hydrogen-bond donors (Lipinski definition) is 0. The van der Waals surface area contributed by atoms with Crippen LogP contribution in [0.5, 0.6) is 5.75 Å². The minimum absolute atomic E-state index is 0.247. The summed E-state index contributed by atoms with van der Waals surface area (Å²) < 4.78 is 5.85. The number of benzene rings is 1. The maximum atomic E-state index is 10.6. The Morgan fingerprint density at radius 3 is 2.73 bits per heavy atom. The average Bonchev–Trinajstić information content (AvgIpc) is 2.04. The van der Waals surface area contributed by atoms with E-state index in [4.69, 9.17) is 4.74 Å². The molecule has 0 aliphatic rings. The van der Waals surface area contributed by atoms with E-state index in [0.29, 0.717) is 11.3 Å². The van der Waals surface area contributed by atoms with Gasteiger partial charge in [-0.15, -0.1) is 0 Å². The molecule has 0 aromatic heterocycles. The average molecular weight is 216 g/mol. The lowest BCUT2D eigenvalue weighted by Gasteiger charge is -2.06. The van der Waals surface area contributed by atoms with Crippen molar-refractivity contribution in [3.05, 3.63) is 28.2 Å². The maximum Gasteiger partial charge on any atom is 0.138 e. The molecule has 0 N–H and O–H groups in total. The van der Waals surface area contributed by atoms with E-state index in [1.165, 1.54) is 0 Å². The van der Waals surface area contributed by atoms with Gasteiger partial charge in [0.05, 0.1) is 11.6 Å². The lowest BCUT2D eigenvalue weighted by molar-refractivity contribution is 0.174. The topological polar surface area (TPSA) is 29.1 Å². The van der Waals surface area contributed by atoms with Gasteiger partial charge in [0, 0.05) is 5.56 Å². The van der Waals surface area contributed by atoms with Crippen molar-refractivity contribution < 1.29 is 9.84 Å². The van der Waals surface area contributed by atoms with Crippen molar-refractivity contribution in [3.8, 4) is 5.75 Å². The second-order valence-electron chi connectivity index (χ2n) is 2.08. The Kier molecular flexibility index (Phi) is 2.91. The van der Waals surface area contributed by atoms with Gasteiger partial charge in [0.15, 0.2) is 0 Å². The highest BCUT2D eigenvalue weighted by molar-refractivity contribution is 9.10. The lowest BCUT2D eigenvalue weighted by atomic mass is 10.2. The molecular weight excluding hydrogens is 208 g/mol. The molecule has 2 nitrogen and oxygen atoms in total. The number of ether oxygens (including phenoxy) is 1. The van der Waals surface area contributed by atoms with Crippen molar-refractivity contribution in [3.63, 3.8) is 0 Å². The fraction of sp³-hybridized carbons (Fsp3) is 0.250. The van der Waals surface area contributed by atoms with Crippen molar-refractivity contribution >= 4 is 15.9 Å². The largest absolute Gasteiger partial charge is 0.495 e. The van der Waals surface area contributed by atoms with Gasteiger partial charge in [-0.05, 0) is 22.0 Å². The molecule has 0 saturated heterocycles. The summed E-state index contributed by atoms with van der Waals surface area (Å²) in [5, 5.41) is 10.6. The zero-order valence-electron chi connectivity index (χ0n) is 6.13. The third-order valence-corrected chi connectivity index (χ3v) is 2.03. The summed E-state index contributed by atoms with van der Waals surface area (Å²) in [5.74, 6) is 0.641. The van der Waals surface area contributed by atoms with E-state index in [1.807, 2.05) is 12.1 Å². The molecule has 0 aliphatic carbocycles. The highest BCUT2D eigenvalue weighted by Gasteiger charge is 2.04. The predicted molar refractivity (Wildman–Crippen MR) is 45.1 cm³/mol. The van der Waals surface area contributed by atoms with Gasteiger partial charge >= 0.3 is 0 Å². The molecule has 0 amide bonds. The molecule has 0 spiro atoms. The molecule has 0 heterocycles. The van der Waals surface area contributed by atoms with Gasteiger partial charge < -0.3 is 4.74 Å². The van der Waals surface area contributed by atoms with E-state index in [9.17, 15) is 5.11 Å². The second-order valence-corrected chi connectivity index (χ2v) is 2.93. The molecule has 59 valence electrons. The summed E-state index contributed by atoms with van der Waals surface area (Å²) in [4.78, 5) is 0. The predicted octanol–water partition coefficient (Wildman–Crippen LogP) is 2.39. The van der Waals surface area contributed by atoms with Crippen molar-refractivity contribution in [2.45, 2.75) is 6.61 Å². The first-order chi connectivity index (χ1) is 5.29. The molecule has 0 fully saturated rings. The van der Waals surface area contributed by atoms with Gasteiger partial charge in [0.25, 0.3) is 0 Å². The monoisotopic (exact) mass is 215 g/mol. The van der Waals surface area contributed by atoms with E-state index in [2.05, 4.69) is 15.9 Å². The van der Waals surface area contributed by atoms with Crippen LogP contribution >= 0.6 is 15.9 Å². The first-order valence-corrected chi connectivity index (χ1v) is 3.98. The van der Waals surface area contributed by atoms with E-state index in [1.54, 1.807) is 13.2 Å². The summed E-state index contributed by atoms with van der Waals surface area (Å²) in [5.41, 5.74) is 0.682. The van der Waals surface area contributed by atoms with Crippen LogP contribution in [0.3, 0.4) is 0 Å². The number of halogens is 1. The van der Waals surface area contributed by atoms with Crippen LogP contribution in [-0.2, 0) is 11.7 Å². The van der Waals surface area contributed by atoms with Crippen LogP contribution in [0.2, 0.25) is 0 Å². The van der Waals surface area contributed by atoms with Crippen LogP contribution in [0, 0.1) is 0 Å². The fourth-order valence-electron chi connectivity index (χ4n) is 0.896. The zero-order chi connectivity index (χ0) is 8.27. The van der Waals surface area contributed by atoms with Gasteiger partial charge in [0.1, 0.15) is 12.4 Å². The Balaban J connectivity index is 3.13. The molecule has 1 radical (unpaired) electrons. The maximum absolute atomic E-state index is 10.6. The second kappa shape index (κ2) is 3.74. The summed E-state index contributed by atoms with van der Waals surface area (Å²) in [6.07, 6.45) is 0. The lowest BCUT2D eigenvalue weighted by Crippen LogP contribution is -1.91. The Hall–Kier alpha value is -0.540. The number of para-hydroxylation sites is 1. The van der Waals surface area contributed by atoms with Gasteiger partial charge in [-0.1, -0.05) is 12.1 Å². The van der Waals surface area contributed by atoms with E-state index < -0.39 is 0 Å².